The number of ether oxygens (including phenoxy) is 2. The van der Waals surface area contributed by atoms with Crippen LogP contribution in [-0.4, -0.2) is 38.9 Å². The van der Waals surface area contributed by atoms with Gasteiger partial charge in [0.2, 0.25) is 0 Å². The average molecular weight is 159 g/mol. The molecule has 1 aliphatic rings. The van der Waals surface area contributed by atoms with E-state index in [4.69, 9.17) is 4.74 Å². The van der Waals surface area contributed by atoms with Gasteiger partial charge >= 0.3 is 5.97 Å². The van der Waals surface area contributed by atoms with Gasteiger partial charge in [0.15, 0.2) is 0 Å². The number of carbonyl (C=O) groups is 1. The van der Waals surface area contributed by atoms with E-state index in [-0.39, 0.29) is 18.1 Å². The molecule has 1 saturated heterocycles. The summed E-state index contributed by atoms with van der Waals surface area (Å²) in [5.74, 6) is -0.204. The molecular weight excluding hydrogens is 146 g/mol. The van der Waals surface area contributed by atoms with Gasteiger partial charge in [-0.2, -0.15) is 0 Å². The zero-order valence-corrected chi connectivity index (χ0v) is 6.79. The molecule has 1 fully saturated rings. The molecule has 1 rings (SSSR count). The lowest BCUT2D eigenvalue weighted by Crippen LogP contribution is -2.31. The first-order valence-corrected chi connectivity index (χ1v) is 3.62. The van der Waals surface area contributed by atoms with Crippen LogP contribution in [0.4, 0.5) is 0 Å². The SMILES string of the molecule is COC(=O)[C@@H]1C[C@H](OC)CN1. The predicted molar refractivity (Wildman–Crippen MR) is 39.2 cm³/mol. The Bertz CT molecular complexity index is 149. The fourth-order valence-corrected chi connectivity index (χ4v) is 1.20. The highest BCUT2D eigenvalue weighted by Crippen LogP contribution is 2.09. The third-order valence-electron chi connectivity index (χ3n) is 1.91. The summed E-state index contributed by atoms with van der Waals surface area (Å²) < 4.78 is 9.64. The molecule has 0 aromatic carbocycles. The first-order chi connectivity index (χ1) is 5.27. The third kappa shape index (κ3) is 1.91. The maximum atomic E-state index is 10.9. The van der Waals surface area contributed by atoms with Crippen molar-refractivity contribution >= 4 is 5.97 Å². The van der Waals surface area contributed by atoms with Crippen molar-refractivity contribution in [3.05, 3.63) is 0 Å². The van der Waals surface area contributed by atoms with E-state index in [1.807, 2.05) is 0 Å². The van der Waals surface area contributed by atoms with Crippen LogP contribution in [0.25, 0.3) is 0 Å². The fraction of sp³-hybridized carbons (Fsp3) is 0.857. The molecule has 0 spiro atoms. The highest BCUT2D eigenvalue weighted by atomic mass is 16.5. The number of hydrogen-bond donors (Lipinski definition) is 1. The van der Waals surface area contributed by atoms with Crippen molar-refractivity contribution in [2.45, 2.75) is 18.6 Å². The van der Waals surface area contributed by atoms with E-state index in [1.165, 1.54) is 7.11 Å². The molecular formula is C7H13NO3. The molecule has 1 N–H and O–H groups in total. The second-order valence-electron chi connectivity index (χ2n) is 2.58. The molecule has 0 aromatic heterocycles. The van der Waals surface area contributed by atoms with Crippen molar-refractivity contribution in [3.63, 3.8) is 0 Å². The summed E-state index contributed by atoms with van der Waals surface area (Å²) in [6.07, 6.45) is 0.863. The number of methoxy groups -OCH3 is 2. The second-order valence-corrected chi connectivity index (χ2v) is 2.58. The summed E-state index contributed by atoms with van der Waals surface area (Å²) >= 11 is 0. The van der Waals surface area contributed by atoms with E-state index in [2.05, 4.69) is 10.1 Å². The summed E-state index contributed by atoms with van der Waals surface area (Å²) in [6, 6.07) is -0.176. The second kappa shape index (κ2) is 3.69. The van der Waals surface area contributed by atoms with E-state index in [1.54, 1.807) is 7.11 Å². The lowest BCUT2D eigenvalue weighted by atomic mass is 10.2. The summed E-state index contributed by atoms with van der Waals surface area (Å²) in [6.45, 7) is 0.732. The molecule has 1 aliphatic heterocycles. The molecule has 1 heterocycles. The molecule has 11 heavy (non-hydrogen) atoms. The number of nitrogens with one attached hydrogen (secondary N) is 1. The Morgan fingerprint density at radius 2 is 2.27 bits per heavy atom. The minimum atomic E-state index is -0.204. The van der Waals surface area contributed by atoms with E-state index in [9.17, 15) is 4.79 Å². The van der Waals surface area contributed by atoms with Gasteiger partial charge in [0.25, 0.3) is 0 Å². The largest absolute Gasteiger partial charge is 0.468 e. The van der Waals surface area contributed by atoms with Gasteiger partial charge in [-0.25, -0.2) is 0 Å². The Balaban J connectivity index is 2.35. The van der Waals surface area contributed by atoms with Crippen molar-refractivity contribution in [1.29, 1.82) is 0 Å². The molecule has 0 aliphatic carbocycles. The summed E-state index contributed by atoms with van der Waals surface area (Å²) in [5, 5.41) is 3.01. The van der Waals surface area contributed by atoms with Gasteiger partial charge in [0.1, 0.15) is 6.04 Å². The minimum absolute atomic E-state index is 0.152. The van der Waals surface area contributed by atoms with Gasteiger partial charge in [-0.3, -0.25) is 4.79 Å². The smallest absolute Gasteiger partial charge is 0.322 e. The Kier molecular flexibility index (Phi) is 2.84. The Labute approximate surface area is 65.9 Å². The zero-order valence-electron chi connectivity index (χ0n) is 6.79. The van der Waals surface area contributed by atoms with Crippen molar-refractivity contribution in [3.8, 4) is 0 Å². The molecule has 0 bridgehead atoms. The standard InChI is InChI=1S/C7H13NO3/c1-10-5-3-6(8-4-5)7(9)11-2/h5-6,8H,3-4H2,1-2H3/t5-,6-/m0/s1. The summed E-state index contributed by atoms with van der Waals surface area (Å²) in [4.78, 5) is 10.9. The Hall–Kier alpha value is -0.610. The molecule has 0 amide bonds. The Morgan fingerprint density at radius 3 is 2.73 bits per heavy atom. The fourth-order valence-electron chi connectivity index (χ4n) is 1.20. The van der Waals surface area contributed by atoms with Crippen LogP contribution in [-0.2, 0) is 14.3 Å². The van der Waals surface area contributed by atoms with Gasteiger partial charge in [0, 0.05) is 20.1 Å². The normalized spacial score (nSPS) is 30.4. The van der Waals surface area contributed by atoms with E-state index in [0.29, 0.717) is 6.42 Å². The number of esters is 1. The molecule has 2 atom stereocenters. The van der Waals surface area contributed by atoms with Crippen LogP contribution < -0.4 is 5.32 Å². The quantitative estimate of drug-likeness (QED) is 0.554. The van der Waals surface area contributed by atoms with E-state index < -0.39 is 0 Å². The monoisotopic (exact) mass is 159 g/mol. The number of hydrogen-bond acceptors (Lipinski definition) is 4. The van der Waals surface area contributed by atoms with Gasteiger partial charge in [-0.05, 0) is 0 Å². The van der Waals surface area contributed by atoms with E-state index >= 15 is 0 Å². The maximum absolute atomic E-state index is 10.9. The van der Waals surface area contributed by atoms with Crippen LogP contribution >= 0.6 is 0 Å². The zero-order chi connectivity index (χ0) is 8.27. The van der Waals surface area contributed by atoms with Crippen molar-refractivity contribution in [2.24, 2.45) is 0 Å². The van der Waals surface area contributed by atoms with Crippen molar-refractivity contribution in [2.75, 3.05) is 20.8 Å². The minimum Gasteiger partial charge on any atom is -0.468 e. The third-order valence-corrected chi connectivity index (χ3v) is 1.91. The average Bonchev–Trinajstić information content (AvgIpc) is 2.50. The lowest BCUT2D eigenvalue weighted by molar-refractivity contribution is -0.142. The lowest BCUT2D eigenvalue weighted by Gasteiger charge is -2.06. The van der Waals surface area contributed by atoms with Crippen LogP contribution in [0, 0.1) is 0 Å². The maximum Gasteiger partial charge on any atom is 0.322 e. The molecule has 0 unspecified atom stereocenters. The first-order valence-electron chi connectivity index (χ1n) is 3.62. The van der Waals surface area contributed by atoms with Gasteiger partial charge in [-0.15, -0.1) is 0 Å². The van der Waals surface area contributed by atoms with Gasteiger partial charge < -0.3 is 14.8 Å². The van der Waals surface area contributed by atoms with Gasteiger partial charge in [-0.1, -0.05) is 0 Å². The van der Waals surface area contributed by atoms with Crippen LogP contribution in [0.1, 0.15) is 6.42 Å². The van der Waals surface area contributed by atoms with E-state index in [0.717, 1.165) is 6.54 Å². The van der Waals surface area contributed by atoms with Crippen LogP contribution in [0.5, 0.6) is 0 Å². The molecule has 0 saturated carbocycles. The molecule has 64 valence electrons. The van der Waals surface area contributed by atoms with Crippen LogP contribution in [0.3, 0.4) is 0 Å². The molecule has 0 aromatic rings. The molecule has 4 nitrogen and oxygen atoms in total. The summed E-state index contributed by atoms with van der Waals surface area (Å²) in [7, 11) is 3.04. The molecule has 0 radical (unpaired) electrons. The highest BCUT2D eigenvalue weighted by molar-refractivity contribution is 5.76. The first kappa shape index (κ1) is 8.49. The number of carbonyl (C=O) groups excluding carboxylic acids is 1. The highest BCUT2D eigenvalue weighted by Gasteiger charge is 2.29. The Morgan fingerprint density at radius 1 is 1.55 bits per heavy atom. The predicted octanol–water partition coefficient (Wildman–Crippen LogP) is -0.464. The number of rotatable bonds is 2. The van der Waals surface area contributed by atoms with Crippen molar-refractivity contribution < 1.29 is 14.3 Å². The van der Waals surface area contributed by atoms with Gasteiger partial charge in [0.05, 0.1) is 13.2 Å². The van der Waals surface area contributed by atoms with Crippen LogP contribution in [0.15, 0.2) is 0 Å². The topological polar surface area (TPSA) is 47.6 Å². The van der Waals surface area contributed by atoms with Crippen LogP contribution in [0.2, 0.25) is 0 Å². The summed E-state index contributed by atoms with van der Waals surface area (Å²) in [5.41, 5.74) is 0. The molecule has 4 heteroatoms. The van der Waals surface area contributed by atoms with Crippen molar-refractivity contribution in [1.82, 2.24) is 5.32 Å².